The second-order valence-corrected chi connectivity index (χ2v) is 7.92. The molecule has 0 bridgehead atoms. The first-order chi connectivity index (χ1) is 10.7. The maximum Gasteiger partial charge on any atom is 0.375 e. The van der Waals surface area contributed by atoms with Crippen molar-refractivity contribution >= 4 is 35.5 Å². The second kappa shape index (κ2) is 8.81. The standard InChI is InChI=1S/C14H24N2O5S2/c1-15(2)5-7-22-9-14(13(19)20)11(10(17)12(18)21-14)23-8-6-16(3)4/h17H,5-9H2,1-4H3,(H,19,20). The molecule has 9 heteroatoms. The SMILES string of the molecule is CN(C)CCSCC1(C(=O)O)OC(=O)C(O)=C1SCCN(C)C. The molecule has 1 atom stereocenters. The van der Waals surface area contributed by atoms with Gasteiger partial charge < -0.3 is 24.7 Å². The van der Waals surface area contributed by atoms with Crippen LogP contribution in [0.1, 0.15) is 0 Å². The number of esters is 1. The van der Waals surface area contributed by atoms with Crippen LogP contribution in [0.2, 0.25) is 0 Å². The highest BCUT2D eigenvalue weighted by molar-refractivity contribution is 8.03. The summed E-state index contributed by atoms with van der Waals surface area (Å²) in [6.45, 7) is 1.48. The molecule has 23 heavy (non-hydrogen) atoms. The number of carboxylic acid groups (broad SMARTS) is 1. The Morgan fingerprint density at radius 2 is 1.74 bits per heavy atom. The first kappa shape index (κ1) is 20.1. The average Bonchev–Trinajstić information content (AvgIpc) is 2.68. The van der Waals surface area contributed by atoms with Crippen molar-refractivity contribution in [2.24, 2.45) is 0 Å². The highest BCUT2D eigenvalue weighted by Gasteiger charge is 2.54. The van der Waals surface area contributed by atoms with Gasteiger partial charge in [0.15, 0.2) is 0 Å². The van der Waals surface area contributed by atoms with Gasteiger partial charge >= 0.3 is 11.9 Å². The minimum Gasteiger partial charge on any atom is -0.501 e. The highest BCUT2D eigenvalue weighted by Crippen LogP contribution is 2.41. The molecule has 132 valence electrons. The van der Waals surface area contributed by atoms with Crippen molar-refractivity contribution in [1.29, 1.82) is 0 Å². The van der Waals surface area contributed by atoms with E-state index in [4.69, 9.17) is 4.74 Å². The van der Waals surface area contributed by atoms with Crippen molar-refractivity contribution in [3.8, 4) is 0 Å². The van der Waals surface area contributed by atoms with Crippen LogP contribution in [0.5, 0.6) is 0 Å². The maximum absolute atomic E-state index is 11.8. The molecule has 0 fully saturated rings. The topological polar surface area (TPSA) is 90.3 Å². The Bertz CT molecular complexity index is 482. The van der Waals surface area contributed by atoms with E-state index in [9.17, 15) is 19.8 Å². The quantitative estimate of drug-likeness (QED) is 0.430. The summed E-state index contributed by atoms with van der Waals surface area (Å²) in [6.07, 6.45) is 0. The van der Waals surface area contributed by atoms with Crippen LogP contribution >= 0.6 is 23.5 Å². The van der Waals surface area contributed by atoms with Crippen LogP contribution in [-0.4, -0.2) is 96.1 Å². The van der Waals surface area contributed by atoms with E-state index in [0.29, 0.717) is 18.1 Å². The summed E-state index contributed by atoms with van der Waals surface area (Å²) < 4.78 is 5.07. The molecule has 1 aliphatic rings. The molecule has 1 rings (SSSR count). The van der Waals surface area contributed by atoms with E-state index in [1.54, 1.807) is 0 Å². The molecule has 0 radical (unpaired) electrons. The number of nitrogens with zero attached hydrogens (tertiary/aromatic N) is 2. The number of cyclic esters (lactones) is 1. The molecular weight excluding hydrogens is 340 g/mol. The van der Waals surface area contributed by atoms with E-state index in [1.165, 1.54) is 11.8 Å². The van der Waals surface area contributed by atoms with Gasteiger partial charge in [0, 0.05) is 30.3 Å². The number of carbonyl (C=O) groups excluding carboxylic acids is 1. The third-order valence-corrected chi connectivity index (χ3v) is 5.44. The largest absolute Gasteiger partial charge is 0.501 e. The number of aliphatic hydroxyl groups is 1. The first-order valence-electron chi connectivity index (χ1n) is 7.11. The van der Waals surface area contributed by atoms with Gasteiger partial charge in [-0.2, -0.15) is 11.8 Å². The van der Waals surface area contributed by atoms with Crippen LogP contribution in [0.15, 0.2) is 10.7 Å². The van der Waals surface area contributed by atoms with Crippen molar-refractivity contribution in [2.75, 3.05) is 58.5 Å². The number of carboxylic acids is 1. The molecule has 7 nitrogen and oxygen atoms in total. The van der Waals surface area contributed by atoms with Crippen molar-refractivity contribution < 1.29 is 24.5 Å². The molecule has 0 saturated heterocycles. The number of hydrogen-bond donors (Lipinski definition) is 2. The third kappa shape index (κ3) is 5.30. The normalized spacial score (nSPS) is 21.4. The van der Waals surface area contributed by atoms with E-state index in [2.05, 4.69) is 0 Å². The van der Waals surface area contributed by atoms with E-state index >= 15 is 0 Å². The van der Waals surface area contributed by atoms with Gasteiger partial charge in [0.1, 0.15) is 0 Å². The Labute approximate surface area is 145 Å². The lowest BCUT2D eigenvalue weighted by molar-refractivity contribution is -0.165. The minimum atomic E-state index is -1.78. The fraction of sp³-hybridized carbons (Fsp3) is 0.714. The summed E-state index contributed by atoms with van der Waals surface area (Å²) in [5.41, 5.74) is -1.78. The van der Waals surface area contributed by atoms with Crippen molar-refractivity contribution in [2.45, 2.75) is 5.60 Å². The van der Waals surface area contributed by atoms with Crippen LogP contribution < -0.4 is 0 Å². The minimum absolute atomic E-state index is 0.0796. The van der Waals surface area contributed by atoms with Crippen LogP contribution in [0.3, 0.4) is 0 Å². The molecule has 0 aromatic rings. The summed E-state index contributed by atoms with van der Waals surface area (Å²) in [5.74, 6) is -1.45. The van der Waals surface area contributed by atoms with Crippen molar-refractivity contribution in [1.82, 2.24) is 9.80 Å². The Hall–Kier alpha value is -0.900. The summed E-state index contributed by atoms with van der Waals surface area (Å²) in [6, 6.07) is 0. The molecule has 0 amide bonds. The highest BCUT2D eigenvalue weighted by atomic mass is 32.2. The fourth-order valence-corrected chi connectivity index (χ4v) is 4.47. The van der Waals surface area contributed by atoms with Gasteiger partial charge in [-0.15, -0.1) is 11.8 Å². The predicted octanol–water partition coefficient (Wildman–Crippen LogP) is 0.726. The molecule has 0 aliphatic carbocycles. The number of rotatable bonds is 10. The summed E-state index contributed by atoms with van der Waals surface area (Å²) >= 11 is 2.55. The van der Waals surface area contributed by atoms with Crippen LogP contribution in [0, 0.1) is 0 Å². The lowest BCUT2D eigenvalue weighted by atomic mass is 10.1. The van der Waals surface area contributed by atoms with Gasteiger partial charge in [-0.05, 0) is 28.2 Å². The van der Waals surface area contributed by atoms with E-state index in [0.717, 1.165) is 18.3 Å². The van der Waals surface area contributed by atoms with Crippen LogP contribution in [-0.2, 0) is 14.3 Å². The maximum atomic E-state index is 11.8. The molecule has 1 heterocycles. The van der Waals surface area contributed by atoms with Crippen molar-refractivity contribution in [3.05, 3.63) is 10.7 Å². The Morgan fingerprint density at radius 3 is 2.26 bits per heavy atom. The lowest BCUT2D eigenvalue weighted by Crippen LogP contribution is -2.43. The molecule has 1 aliphatic heterocycles. The first-order valence-corrected chi connectivity index (χ1v) is 9.25. The number of carbonyl (C=O) groups is 2. The molecule has 0 aromatic heterocycles. The number of thioether (sulfide) groups is 2. The van der Waals surface area contributed by atoms with Gasteiger partial charge in [-0.1, -0.05) is 0 Å². The second-order valence-electron chi connectivity index (χ2n) is 5.71. The van der Waals surface area contributed by atoms with E-state index in [1.807, 2.05) is 38.0 Å². The average molecular weight is 364 g/mol. The van der Waals surface area contributed by atoms with Crippen LogP contribution in [0.25, 0.3) is 0 Å². The molecule has 1 unspecified atom stereocenters. The zero-order valence-electron chi connectivity index (χ0n) is 13.9. The smallest absolute Gasteiger partial charge is 0.375 e. The van der Waals surface area contributed by atoms with Gasteiger partial charge in [-0.3, -0.25) is 0 Å². The number of hydrogen-bond acceptors (Lipinski definition) is 8. The monoisotopic (exact) mass is 364 g/mol. The summed E-state index contributed by atoms with van der Waals surface area (Å²) in [7, 11) is 7.65. The Balaban J connectivity index is 2.85. The number of aliphatic hydroxyl groups excluding tert-OH is 1. The van der Waals surface area contributed by atoms with E-state index in [-0.39, 0.29) is 10.7 Å². The van der Waals surface area contributed by atoms with Gasteiger partial charge in [-0.25, -0.2) is 9.59 Å². The Morgan fingerprint density at radius 1 is 1.17 bits per heavy atom. The molecule has 0 aromatic carbocycles. The summed E-state index contributed by atoms with van der Waals surface area (Å²) in [5, 5.41) is 19.6. The Kier molecular flexibility index (Phi) is 7.72. The molecule has 0 spiro atoms. The lowest BCUT2D eigenvalue weighted by Gasteiger charge is -2.25. The van der Waals surface area contributed by atoms with Gasteiger partial charge in [0.25, 0.3) is 5.60 Å². The third-order valence-electron chi connectivity index (χ3n) is 3.16. The van der Waals surface area contributed by atoms with Gasteiger partial charge in [0.2, 0.25) is 5.76 Å². The fourth-order valence-electron chi connectivity index (χ4n) is 1.81. The molecule has 0 saturated carbocycles. The molecular formula is C14H24N2O5S2. The van der Waals surface area contributed by atoms with Gasteiger partial charge in [0.05, 0.1) is 4.91 Å². The summed E-state index contributed by atoms with van der Waals surface area (Å²) in [4.78, 5) is 27.5. The number of aliphatic carboxylic acids is 1. The number of ether oxygens (including phenoxy) is 1. The molecule has 2 N–H and O–H groups in total. The van der Waals surface area contributed by atoms with Crippen LogP contribution in [0.4, 0.5) is 0 Å². The van der Waals surface area contributed by atoms with E-state index < -0.39 is 23.3 Å². The zero-order valence-corrected chi connectivity index (χ0v) is 15.5. The van der Waals surface area contributed by atoms with Crippen molar-refractivity contribution in [3.63, 3.8) is 0 Å². The predicted molar refractivity (Wildman–Crippen MR) is 93.0 cm³/mol. The zero-order chi connectivity index (χ0) is 17.6.